The van der Waals surface area contributed by atoms with Crippen molar-refractivity contribution in [3.8, 4) is 0 Å². The number of aryl methyl sites for hydroxylation is 1. The van der Waals surface area contributed by atoms with Crippen LogP contribution in [0.15, 0.2) is 4.47 Å². The normalized spacial score (nSPS) is 10.9. The molecule has 0 bridgehead atoms. The van der Waals surface area contributed by atoms with Crippen LogP contribution in [0.2, 0.25) is 0 Å². The molecule has 0 radical (unpaired) electrons. The summed E-state index contributed by atoms with van der Waals surface area (Å²) in [6.07, 6.45) is 0. The van der Waals surface area contributed by atoms with Gasteiger partial charge in [-0.25, -0.2) is 0 Å². The minimum atomic E-state index is -0.407. The second kappa shape index (κ2) is 3.66. The Balaban J connectivity index is 3.01. The van der Waals surface area contributed by atoms with E-state index in [4.69, 9.17) is 0 Å². The fourth-order valence-electron chi connectivity index (χ4n) is 1.38. The second-order valence-corrected chi connectivity index (χ2v) is 5.03. The molecular formula is C8H6BrN3O2Se. The number of nitro groups is 1. The molecule has 0 aliphatic heterocycles. The van der Waals surface area contributed by atoms with Crippen molar-refractivity contribution in [2.75, 3.05) is 0 Å². The molecule has 5 nitrogen and oxygen atoms in total. The third-order valence-electron chi connectivity index (χ3n) is 2.35. The van der Waals surface area contributed by atoms with Crippen molar-refractivity contribution in [2.45, 2.75) is 13.8 Å². The molecule has 78 valence electrons. The van der Waals surface area contributed by atoms with Crippen LogP contribution in [0.4, 0.5) is 5.69 Å². The number of fused-ring (bicyclic) bond motifs is 1. The van der Waals surface area contributed by atoms with Gasteiger partial charge in [-0.1, -0.05) is 0 Å². The number of nitro benzene ring substituents is 1. The fraction of sp³-hybridized carbons (Fsp3) is 0.250. The van der Waals surface area contributed by atoms with E-state index in [-0.39, 0.29) is 20.6 Å². The zero-order chi connectivity index (χ0) is 11.2. The molecule has 1 aromatic heterocycles. The summed E-state index contributed by atoms with van der Waals surface area (Å²) in [5.74, 6) is 0. The first-order valence-electron chi connectivity index (χ1n) is 4.09. The van der Waals surface area contributed by atoms with E-state index in [2.05, 4.69) is 23.9 Å². The molecule has 0 saturated carbocycles. The molecule has 2 aromatic rings. The first-order valence-corrected chi connectivity index (χ1v) is 6.42. The Morgan fingerprint density at radius 2 is 1.87 bits per heavy atom. The molecule has 0 amide bonds. The Kier molecular flexibility index (Phi) is 2.62. The van der Waals surface area contributed by atoms with Crippen molar-refractivity contribution in [1.29, 1.82) is 0 Å². The van der Waals surface area contributed by atoms with Gasteiger partial charge in [0.15, 0.2) is 0 Å². The number of benzene rings is 1. The van der Waals surface area contributed by atoms with Crippen LogP contribution in [0.3, 0.4) is 0 Å². The van der Waals surface area contributed by atoms with Crippen molar-refractivity contribution in [1.82, 2.24) is 7.96 Å². The summed E-state index contributed by atoms with van der Waals surface area (Å²) >= 11 is 3.00. The zero-order valence-electron chi connectivity index (χ0n) is 7.94. The molecule has 0 unspecified atom stereocenters. The van der Waals surface area contributed by atoms with Gasteiger partial charge < -0.3 is 0 Å². The summed E-state index contributed by atoms with van der Waals surface area (Å²) < 4.78 is 8.84. The van der Waals surface area contributed by atoms with E-state index >= 15 is 0 Å². The van der Waals surface area contributed by atoms with Crippen molar-refractivity contribution < 1.29 is 4.92 Å². The maximum absolute atomic E-state index is 10.9. The van der Waals surface area contributed by atoms with E-state index in [1.54, 1.807) is 0 Å². The van der Waals surface area contributed by atoms with Crippen LogP contribution in [-0.4, -0.2) is 27.8 Å². The molecule has 7 heteroatoms. The van der Waals surface area contributed by atoms with Crippen LogP contribution in [0.25, 0.3) is 11.0 Å². The van der Waals surface area contributed by atoms with E-state index in [0.29, 0.717) is 15.5 Å². The Labute approximate surface area is 100 Å². The molecular weight excluding hydrogens is 329 g/mol. The van der Waals surface area contributed by atoms with Crippen LogP contribution < -0.4 is 0 Å². The number of nitrogens with zero attached hydrogens (tertiary/aromatic N) is 3. The molecule has 1 heterocycles. The summed E-state index contributed by atoms with van der Waals surface area (Å²) in [4.78, 5) is 10.5. The molecule has 0 saturated heterocycles. The monoisotopic (exact) mass is 335 g/mol. The molecule has 1 aromatic carbocycles. The van der Waals surface area contributed by atoms with E-state index in [0.717, 1.165) is 11.1 Å². The average Bonchev–Trinajstić information content (AvgIpc) is 2.62. The predicted octanol–water partition coefficient (Wildman–Crippen LogP) is 1.97. The quantitative estimate of drug-likeness (QED) is 0.454. The van der Waals surface area contributed by atoms with Crippen molar-refractivity contribution >= 4 is 47.6 Å². The number of aromatic nitrogens is 2. The summed E-state index contributed by atoms with van der Waals surface area (Å²) in [6.45, 7) is 3.75. The third kappa shape index (κ3) is 1.51. The Morgan fingerprint density at radius 1 is 1.27 bits per heavy atom. The fourth-order valence-corrected chi connectivity index (χ4v) is 3.27. The first-order chi connectivity index (χ1) is 7.04. The van der Waals surface area contributed by atoms with E-state index in [1.165, 1.54) is 0 Å². The van der Waals surface area contributed by atoms with Crippen molar-refractivity contribution in [3.05, 3.63) is 25.7 Å². The maximum atomic E-state index is 10.9. The Morgan fingerprint density at radius 3 is 2.47 bits per heavy atom. The summed E-state index contributed by atoms with van der Waals surface area (Å²) in [6, 6.07) is 0. The summed E-state index contributed by atoms with van der Waals surface area (Å²) in [5, 5.41) is 10.9. The van der Waals surface area contributed by atoms with Gasteiger partial charge in [0.1, 0.15) is 0 Å². The topological polar surface area (TPSA) is 68.9 Å². The van der Waals surface area contributed by atoms with Crippen LogP contribution >= 0.6 is 15.9 Å². The van der Waals surface area contributed by atoms with Crippen LogP contribution in [0.5, 0.6) is 0 Å². The summed E-state index contributed by atoms with van der Waals surface area (Å²) in [7, 11) is 0. The van der Waals surface area contributed by atoms with Gasteiger partial charge in [0.25, 0.3) is 0 Å². The van der Waals surface area contributed by atoms with Crippen molar-refractivity contribution in [3.63, 3.8) is 0 Å². The molecule has 0 fully saturated rings. The van der Waals surface area contributed by atoms with Gasteiger partial charge in [-0.05, 0) is 0 Å². The standard InChI is InChI=1S/C8H6BrN3O2Se/c1-3-4(2)6-7(11-15-10-6)8(5(3)9)12(13)14/h1-2H3. The summed E-state index contributed by atoms with van der Waals surface area (Å²) in [5.41, 5.74) is 2.97. The molecule has 0 atom stereocenters. The predicted molar refractivity (Wildman–Crippen MR) is 60.3 cm³/mol. The van der Waals surface area contributed by atoms with E-state index in [9.17, 15) is 10.1 Å². The van der Waals surface area contributed by atoms with Crippen LogP contribution in [-0.2, 0) is 0 Å². The van der Waals surface area contributed by atoms with E-state index in [1.807, 2.05) is 13.8 Å². The van der Waals surface area contributed by atoms with Gasteiger partial charge in [0.2, 0.25) is 0 Å². The Hall–Kier alpha value is -0.781. The van der Waals surface area contributed by atoms with Crippen LogP contribution in [0.1, 0.15) is 11.1 Å². The second-order valence-electron chi connectivity index (χ2n) is 3.13. The SMILES string of the molecule is Cc1c(Br)c([N+](=O)[O-])c2n[se]nc2c1C. The van der Waals surface area contributed by atoms with Gasteiger partial charge in [0, 0.05) is 0 Å². The van der Waals surface area contributed by atoms with Crippen LogP contribution in [0, 0.1) is 24.0 Å². The van der Waals surface area contributed by atoms with E-state index < -0.39 is 4.92 Å². The zero-order valence-corrected chi connectivity index (χ0v) is 11.2. The molecule has 15 heavy (non-hydrogen) atoms. The van der Waals surface area contributed by atoms with Gasteiger partial charge in [-0.3, -0.25) is 0 Å². The molecule has 0 N–H and O–H groups in total. The average molecular weight is 335 g/mol. The van der Waals surface area contributed by atoms with Gasteiger partial charge >= 0.3 is 100 Å². The third-order valence-corrected chi connectivity index (χ3v) is 4.43. The molecule has 0 aliphatic carbocycles. The van der Waals surface area contributed by atoms with Gasteiger partial charge in [-0.2, -0.15) is 0 Å². The number of hydrogen-bond donors (Lipinski definition) is 0. The number of hydrogen-bond acceptors (Lipinski definition) is 4. The first kappa shape index (κ1) is 10.7. The molecule has 0 aliphatic rings. The Bertz CT molecular complexity index is 567. The van der Waals surface area contributed by atoms with Gasteiger partial charge in [0.05, 0.1) is 0 Å². The van der Waals surface area contributed by atoms with Gasteiger partial charge in [-0.15, -0.1) is 0 Å². The minimum absolute atomic E-state index is 0.0382. The van der Waals surface area contributed by atoms with Crippen molar-refractivity contribution in [2.24, 2.45) is 0 Å². The number of rotatable bonds is 1. The number of halogens is 1. The molecule has 2 rings (SSSR count). The molecule has 0 spiro atoms.